The van der Waals surface area contributed by atoms with E-state index in [9.17, 15) is 0 Å². The van der Waals surface area contributed by atoms with Crippen LogP contribution in [0.3, 0.4) is 0 Å². The minimum absolute atomic E-state index is 0.230. The molecule has 0 bridgehead atoms. The van der Waals surface area contributed by atoms with Crippen LogP contribution in [-0.2, 0) is 0 Å². The second-order valence-electron chi connectivity index (χ2n) is 3.24. The molecule has 14 heavy (non-hydrogen) atoms. The van der Waals surface area contributed by atoms with Crippen LogP contribution in [0.5, 0.6) is 5.75 Å². The van der Waals surface area contributed by atoms with Gasteiger partial charge < -0.3 is 10.2 Å². The number of hydrogen-bond acceptors (Lipinski definition) is 4. The van der Waals surface area contributed by atoms with Crippen molar-refractivity contribution in [2.45, 2.75) is 32.8 Å². The lowest BCUT2D eigenvalue weighted by Crippen LogP contribution is -2.12. The summed E-state index contributed by atoms with van der Waals surface area (Å²) in [7, 11) is 0. The lowest BCUT2D eigenvalue weighted by molar-refractivity contribution is 0.210. The number of nitrogen functional groups attached to an aromatic ring is 1. The van der Waals surface area contributed by atoms with Gasteiger partial charge in [-0.2, -0.15) is 0 Å². The Morgan fingerprint density at radius 1 is 1.64 bits per heavy atom. The predicted molar refractivity (Wildman–Crippen MR) is 57.0 cm³/mol. The summed E-state index contributed by atoms with van der Waals surface area (Å²) < 4.78 is 5.66. The van der Waals surface area contributed by atoms with Crippen LogP contribution < -0.4 is 16.0 Å². The van der Waals surface area contributed by atoms with Gasteiger partial charge in [0.1, 0.15) is 11.6 Å². The number of nitrogens with zero attached hydrogens (tertiary/aromatic N) is 1. The third kappa shape index (κ3) is 3.22. The third-order valence-corrected chi connectivity index (χ3v) is 1.91. The number of rotatable bonds is 5. The molecule has 1 atom stereocenters. The van der Waals surface area contributed by atoms with Crippen LogP contribution in [0.25, 0.3) is 0 Å². The van der Waals surface area contributed by atoms with Gasteiger partial charge in [-0.3, -0.25) is 0 Å². The summed E-state index contributed by atoms with van der Waals surface area (Å²) in [4.78, 5) is 4.00. The number of nitrogens with one attached hydrogen (secondary N) is 1. The van der Waals surface area contributed by atoms with Crippen LogP contribution in [-0.4, -0.2) is 11.1 Å². The number of anilines is 1. The van der Waals surface area contributed by atoms with Crippen LogP contribution in [0.15, 0.2) is 18.3 Å². The van der Waals surface area contributed by atoms with E-state index < -0.39 is 0 Å². The first-order chi connectivity index (χ1) is 6.76. The number of pyridine rings is 1. The quantitative estimate of drug-likeness (QED) is 0.556. The summed E-state index contributed by atoms with van der Waals surface area (Å²) in [6, 6.07) is 3.61. The molecule has 0 spiro atoms. The van der Waals surface area contributed by atoms with Crippen LogP contribution in [0.2, 0.25) is 0 Å². The van der Waals surface area contributed by atoms with Crippen molar-refractivity contribution in [3.63, 3.8) is 0 Å². The zero-order chi connectivity index (χ0) is 10.4. The second-order valence-corrected chi connectivity index (χ2v) is 3.24. The van der Waals surface area contributed by atoms with Crippen molar-refractivity contribution in [3.8, 4) is 5.75 Å². The standard InChI is InChI=1S/C10H17N3O/c1-3-4-8(2)14-9-5-6-12-10(7-9)13-11/h5-8H,3-4,11H2,1-2H3,(H,12,13). The first-order valence-electron chi connectivity index (χ1n) is 4.85. The van der Waals surface area contributed by atoms with Gasteiger partial charge in [0, 0.05) is 12.3 Å². The zero-order valence-electron chi connectivity index (χ0n) is 8.66. The van der Waals surface area contributed by atoms with Crippen LogP contribution in [0.1, 0.15) is 26.7 Å². The van der Waals surface area contributed by atoms with Crippen LogP contribution in [0.4, 0.5) is 5.82 Å². The highest BCUT2D eigenvalue weighted by Crippen LogP contribution is 2.16. The van der Waals surface area contributed by atoms with Gasteiger partial charge in [-0.15, -0.1) is 0 Å². The van der Waals surface area contributed by atoms with Gasteiger partial charge in [-0.1, -0.05) is 13.3 Å². The molecule has 0 radical (unpaired) electrons. The number of hydrazine groups is 1. The third-order valence-electron chi connectivity index (χ3n) is 1.91. The molecule has 0 saturated heterocycles. The molecule has 78 valence electrons. The van der Waals surface area contributed by atoms with E-state index in [4.69, 9.17) is 10.6 Å². The fourth-order valence-electron chi connectivity index (χ4n) is 1.26. The molecule has 3 N–H and O–H groups in total. The molecule has 0 amide bonds. The van der Waals surface area contributed by atoms with Crippen molar-refractivity contribution in [2.24, 2.45) is 5.84 Å². The Morgan fingerprint density at radius 3 is 3.07 bits per heavy atom. The van der Waals surface area contributed by atoms with Gasteiger partial charge in [-0.05, 0) is 19.4 Å². The van der Waals surface area contributed by atoms with E-state index >= 15 is 0 Å². The van der Waals surface area contributed by atoms with Gasteiger partial charge >= 0.3 is 0 Å². The summed E-state index contributed by atoms with van der Waals surface area (Å²) in [5, 5.41) is 0. The largest absolute Gasteiger partial charge is 0.491 e. The number of aromatic nitrogens is 1. The molecule has 1 aromatic heterocycles. The van der Waals surface area contributed by atoms with E-state index in [1.165, 1.54) is 0 Å². The highest BCUT2D eigenvalue weighted by Gasteiger charge is 2.03. The van der Waals surface area contributed by atoms with Crippen molar-refractivity contribution in [2.75, 3.05) is 5.43 Å². The Hall–Kier alpha value is -1.29. The Kier molecular flexibility index (Phi) is 4.19. The lowest BCUT2D eigenvalue weighted by Gasteiger charge is -2.13. The van der Waals surface area contributed by atoms with Crippen molar-refractivity contribution in [1.29, 1.82) is 0 Å². The Morgan fingerprint density at radius 2 is 2.43 bits per heavy atom. The topological polar surface area (TPSA) is 60.2 Å². The summed E-state index contributed by atoms with van der Waals surface area (Å²) in [5.41, 5.74) is 2.48. The smallest absolute Gasteiger partial charge is 0.143 e. The maximum Gasteiger partial charge on any atom is 0.143 e. The molecule has 0 aromatic carbocycles. The van der Waals surface area contributed by atoms with E-state index in [2.05, 4.69) is 24.3 Å². The second kappa shape index (κ2) is 5.44. The Labute approximate surface area is 84.4 Å². The van der Waals surface area contributed by atoms with Crippen LogP contribution in [0, 0.1) is 0 Å². The average molecular weight is 195 g/mol. The minimum Gasteiger partial charge on any atom is -0.491 e. The fourth-order valence-corrected chi connectivity index (χ4v) is 1.26. The normalized spacial score (nSPS) is 12.2. The zero-order valence-corrected chi connectivity index (χ0v) is 8.66. The van der Waals surface area contributed by atoms with Gasteiger partial charge in [0.05, 0.1) is 6.10 Å². The molecule has 0 fully saturated rings. The molecule has 4 heteroatoms. The highest BCUT2D eigenvalue weighted by molar-refractivity contribution is 5.39. The molecular formula is C10H17N3O. The van der Waals surface area contributed by atoms with E-state index in [0.29, 0.717) is 5.82 Å². The summed E-state index contributed by atoms with van der Waals surface area (Å²) in [6.45, 7) is 4.19. The molecule has 0 aliphatic rings. The van der Waals surface area contributed by atoms with E-state index in [1.54, 1.807) is 12.3 Å². The molecule has 0 aliphatic heterocycles. The first kappa shape index (κ1) is 10.8. The number of hydrogen-bond donors (Lipinski definition) is 2. The van der Waals surface area contributed by atoms with Gasteiger partial charge in [0.2, 0.25) is 0 Å². The lowest BCUT2D eigenvalue weighted by atomic mass is 10.2. The average Bonchev–Trinajstić information content (AvgIpc) is 2.18. The molecule has 1 heterocycles. The van der Waals surface area contributed by atoms with E-state index in [0.717, 1.165) is 18.6 Å². The number of nitrogens with two attached hydrogens (primary N) is 1. The molecule has 0 saturated carbocycles. The molecule has 1 rings (SSSR count). The summed E-state index contributed by atoms with van der Waals surface area (Å²) in [5.74, 6) is 6.66. The van der Waals surface area contributed by atoms with Crippen molar-refractivity contribution in [3.05, 3.63) is 18.3 Å². The van der Waals surface area contributed by atoms with Gasteiger partial charge in [-0.25, -0.2) is 10.8 Å². The molecule has 0 aliphatic carbocycles. The summed E-state index contributed by atoms with van der Waals surface area (Å²) >= 11 is 0. The molecular weight excluding hydrogens is 178 g/mol. The van der Waals surface area contributed by atoms with Crippen LogP contribution >= 0.6 is 0 Å². The van der Waals surface area contributed by atoms with Crippen molar-refractivity contribution in [1.82, 2.24) is 4.98 Å². The number of ether oxygens (including phenoxy) is 1. The Balaban J connectivity index is 2.57. The van der Waals surface area contributed by atoms with E-state index in [1.807, 2.05) is 6.07 Å². The highest BCUT2D eigenvalue weighted by atomic mass is 16.5. The van der Waals surface area contributed by atoms with E-state index in [-0.39, 0.29) is 6.10 Å². The molecule has 1 unspecified atom stereocenters. The maximum absolute atomic E-state index is 5.66. The fraction of sp³-hybridized carbons (Fsp3) is 0.500. The molecule has 1 aromatic rings. The Bertz CT molecular complexity index is 278. The van der Waals surface area contributed by atoms with Gasteiger partial charge in [0.25, 0.3) is 0 Å². The molecule has 4 nitrogen and oxygen atoms in total. The monoisotopic (exact) mass is 195 g/mol. The summed E-state index contributed by atoms with van der Waals surface area (Å²) in [6.07, 6.45) is 4.07. The van der Waals surface area contributed by atoms with Crippen molar-refractivity contribution >= 4 is 5.82 Å². The van der Waals surface area contributed by atoms with Crippen molar-refractivity contribution < 1.29 is 4.74 Å². The maximum atomic E-state index is 5.66. The first-order valence-corrected chi connectivity index (χ1v) is 4.85. The minimum atomic E-state index is 0.230. The predicted octanol–water partition coefficient (Wildman–Crippen LogP) is 1.93. The van der Waals surface area contributed by atoms with Gasteiger partial charge in [0.15, 0.2) is 0 Å². The SMILES string of the molecule is CCCC(C)Oc1ccnc(NN)c1.